The smallest absolute Gasteiger partial charge is 0.416 e. The number of hydrogen-bond acceptors (Lipinski definition) is 3. The molecule has 3 amide bonds. The lowest BCUT2D eigenvalue weighted by molar-refractivity contribution is -0.137. The molecule has 0 bridgehead atoms. The number of carbonyl (C=O) groups is 2. The Hall–Kier alpha value is -4.01. The van der Waals surface area contributed by atoms with Gasteiger partial charge in [0.1, 0.15) is 5.75 Å². The normalized spacial score (nSPS) is 13.9. The van der Waals surface area contributed by atoms with Crippen molar-refractivity contribution in [2.45, 2.75) is 51.4 Å². The van der Waals surface area contributed by atoms with Gasteiger partial charge in [0.2, 0.25) is 5.91 Å². The molecule has 1 atom stereocenters. The Morgan fingerprint density at radius 2 is 1.74 bits per heavy atom. The van der Waals surface area contributed by atoms with E-state index in [1.807, 2.05) is 49.4 Å². The molecule has 0 saturated heterocycles. The summed E-state index contributed by atoms with van der Waals surface area (Å²) in [6.07, 6.45) is -2.58. The highest BCUT2D eigenvalue weighted by Crippen LogP contribution is 2.38. The largest absolute Gasteiger partial charge is 0.493 e. The first kappa shape index (κ1) is 28.0. The first-order chi connectivity index (χ1) is 18.7. The number of alkyl halides is 3. The average molecular weight is 540 g/mol. The number of nitrogens with two attached hydrogens (primary N) is 1. The van der Waals surface area contributed by atoms with E-state index in [2.05, 4.69) is 5.32 Å². The van der Waals surface area contributed by atoms with Crippen LogP contribution in [0.2, 0.25) is 0 Å². The molecule has 206 valence electrons. The molecule has 6 nitrogen and oxygen atoms in total. The van der Waals surface area contributed by atoms with Crippen molar-refractivity contribution in [1.29, 1.82) is 0 Å². The van der Waals surface area contributed by atoms with E-state index in [4.69, 9.17) is 10.5 Å². The molecule has 0 saturated carbocycles. The summed E-state index contributed by atoms with van der Waals surface area (Å²) in [6, 6.07) is 17.6. The maximum absolute atomic E-state index is 13.4. The second kappa shape index (κ2) is 12.2. The van der Waals surface area contributed by atoms with Gasteiger partial charge in [0.15, 0.2) is 0 Å². The van der Waals surface area contributed by atoms with E-state index >= 15 is 0 Å². The van der Waals surface area contributed by atoms with Crippen LogP contribution in [0.5, 0.6) is 5.75 Å². The van der Waals surface area contributed by atoms with E-state index in [9.17, 15) is 22.8 Å². The zero-order chi connectivity index (χ0) is 28.0. The van der Waals surface area contributed by atoms with Gasteiger partial charge in [-0.3, -0.25) is 4.79 Å². The number of amides is 3. The molecule has 9 heteroatoms. The molecule has 0 unspecified atom stereocenters. The van der Waals surface area contributed by atoms with Gasteiger partial charge < -0.3 is 20.7 Å². The molecule has 0 spiro atoms. The first-order valence-corrected chi connectivity index (χ1v) is 13.0. The number of nitrogens with zero attached hydrogens (tertiary/aromatic N) is 1. The van der Waals surface area contributed by atoms with Gasteiger partial charge in [-0.25, -0.2) is 4.79 Å². The van der Waals surface area contributed by atoms with Gasteiger partial charge in [-0.1, -0.05) is 55.5 Å². The number of carbonyl (C=O) groups excluding carboxylic acids is 2. The van der Waals surface area contributed by atoms with Crippen molar-refractivity contribution >= 4 is 11.9 Å². The third-order valence-electron chi connectivity index (χ3n) is 6.82. The number of primary amides is 1. The molecular weight excluding hydrogens is 507 g/mol. The van der Waals surface area contributed by atoms with Gasteiger partial charge in [-0.2, -0.15) is 13.2 Å². The highest BCUT2D eigenvalue weighted by atomic mass is 19.4. The number of hydrogen-bond donors (Lipinski definition) is 2. The summed E-state index contributed by atoms with van der Waals surface area (Å²) in [7, 11) is 0. The second-order valence-electron chi connectivity index (χ2n) is 9.58. The predicted octanol–water partition coefficient (Wildman–Crippen LogP) is 6.24. The fourth-order valence-corrected chi connectivity index (χ4v) is 4.81. The van der Waals surface area contributed by atoms with Crippen molar-refractivity contribution in [1.82, 2.24) is 10.2 Å². The van der Waals surface area contributed by atoms with Crippen LogP contribution in [0.4, 0.5) is 18.0 Å². The number of halogens is 3. The van der Waals surface area contributed by atoms with Crippen LogP contribution in [0.1, 0.15) is 54.5 Å². The number of fused-ring (bicyclic) bond motifs is 1. The van der Waals surface area contributed by atoms with E-state index in [-0.39, 0.29) is 25.0 Å². The van der Waals surface area contributed by atoms with Gasteiger partial charge in [0.05, 0.1) is 24.8 Å². The van der Waals surface area contributed by atoms with Crippen molar-refractivity contribution in [3.8, 4) is 16.9 Å². The summed E-state index contributed by atoms with van der Waals surface area (Å²) in [4.78, 5) is 26.5. The van der Waals surface area contributed by atoms with E-state index in [1.54, 1.807) is 4.90 Å². The molecule has 39 heavy (non-hydrogen) atoms. The minimum atomic E-state index is -4.40. The highest BCUT2D eigenvalue weighted by Gasteiger charge is 2.31. The maximum atomic E-state index is 13.4. The molecule has 3 N–H and O–H groups in total. The van der Waals surface area contributed by atoms with Crippen LogP contribution in [-0.4, -0.2) is 30.0 Å². The number of urea groups is 1. The van der Waals surface area contributed by atoms with Gasteiger partial charge >= 0.3 is 12.2 Å². The Morgan fingerprint density at radius 3 is 2.38 bits per heavy atom. The monoisotopic (exact) mass is 539 g/mol. The third kappa shape index (κ3) is 6.90. The van der Waals surface area contributed by atoms with Crippen LogP contribution in [0.25, 0.3) is 11.1 Å². The number of rotatable bonds is 9. The van der Waals surface area contributed by atoms with Gasteiger partial charge in [0, 0.05) is 18.5 Å². The minimum absolute atomic E-state index is 0.133. The molecule has 1 heterocycles. The fourth-order valence-electron chi connectivity index (χ4n) is 4.81. The topological polar surface area (TPSA) is 84.7 Å². The Labute approximate surface area is 226 Å². The molecule has 1 aliphatic heterocycles. The Morgan fingerprint density at radius 1 is 1.03 bits per heavy atom. The Balaban J connectivity index is 1.60. The van der Waals surface area contributed by atoms with Crippen LogP contribution in [0.15, 0.2) is 66.7 Å². The second-order valence-corrected chi connectivity index (χ2v) is 9.58. The summed E-state index contributed by atoms with van der Waals surface area (Å²) >= 11 is 0. The van der Waals surface area contributed by atoms with Crippen LogP contribution in [-0.2, 0) is 23.9 Å². The van der Waals surface area contributed by atoms with Crippen molar-refractivity contribution in [3.63, 3.8) is 0 Å². The zero-order valence-corrected chi connectivity index (χ0v) is 21.8. The molecule has 0 aliphatic carbocycles. The molecule has 4 rings (SSSR count). The maximum Gasteiger partial charge on any atom is 0.416 e. The molecule has 3 aromatic rings. The lowest BCUT2D eigenvalue weighted by Gasteiger charge is -2.33. The number of ether oxygens (including phenoxy) is 1. The molecule has 0 radical (unpaired) electrons. The van der Waals surface area contributed by atoms with E-state index in [0.29, 0.717) is 37.3 Å². The summed E-state index contributed by atoms with van der Waals surface area (Å²) in [5.74, 6) is 0.221. The molecular formula is C30H32F3N3O3. The zero-order valence-electron chi connectivity index (χ0n) is 21.8. The Bertz CT molecular complexity index is 1290. The quantitative estimate of drug-likeness (QED) is 0.338. The van der Waals surface area contributed by atoms with E-state index in [1.165, 1.54) is 12.1 Å². The third-order valence-corrected chi connectivity index (χ3v) is 6.82. The standard InChI is InChI=1S/C30H32F3N3O3/c1-2-18-39-27-14-12-23(20-8-10-22(11-9-20)30(31,32)33)24-16-17-36(19-25(24)27)29(38)35-26(13-15-28(34)37)21-6-4-3-5-7-21/h3-12,14,26H,2,13,15-19H2,1H3,(H2,34,37)(H,35,38)/t26-/m0/s1. The van der Waals surface area contributed by atoms with Gasteiger partial charge in [0.25, 0.3) is 0 Å². The van der Waals surface area contributed by atoms with Crippen molar-refractivity contribution in [2.24, 2.45) is 5.73 Å². The Kier molecular flexibility index (Phi) is 8.79. The van der Waals surface area contributed by atoms with Crippen molar-refractivity contribution in [2.75, 3.05) is 13.2 Å². The van der Waals surface area contributed by atoms with Crippen molar-refractivity contribution < 1.29 is 27.5 Å². The van der Waals surface area contributed by atoms with Gasteiger partial charge in [-0.05, 0) is 59.7 Å². The fraction of sp³-hybridized carbons (Fsp3) is 0.333. The summed E-state index contributed by atoms with van der Waals surface area (Å²) < 4.78 is 45.3. The summed E-state index contributed by atoms with van der Waals surface area (Å²) in [6.45, 7) is 3.20. The van der Waals surface area contributed by atoms with E-state index in [0.717, 1.165) is 40.8 Å². The van der Waals surface area contributed by atoms with Crippen LogP contribution < -0.4 is 15.8 Å². The first-order valence-electron chi connectivity index (χ1n) is 13.0. The lowest BCUT2D eigenvalue weighted by Crippen LogP contribution is -2.44. The number of nitrogens with one attached hydrogen (secondary N) is 1. The minimum Gasteiger partial charge on any atom is -0.493 e. The SMILES string of the molecule is CCCOc1ccc(-c2ccc(C(F)(F)F)cc2)c2c1CN(C(=O)N[C@@H](CCC(N)=O)c1ccccc1)CC2. The van der Waals surface area contributed by atoms with Crippen molar-refractivity contribution in [3.05, 3.63) is 89.0 Å². The van der Waals surface area contributed by atoms with Crippen LogP contribution in [0, 0.1) is 0 Å². The van der Waals surface area contributed by atoms with Gasteiger partial charge in [-0.15, -0.1) is 0 Å². The molecule has 0 fully saturated rings. The summed E-state index contributed by atoms with van der Waals surface area (Å²) in [5.41, 5.74) is 8.84. The lowest BCUT2D eigenvalue weighted by atomic mass is 9.89. The number of benzene rings is 3. The summed E-state index contributed by atoms with van der Waals surface area (Å²) in [5, 5.41) is 3.05. The highest BCUT2D eigenvalue weighted by molar-refractivity contribution is 5.77. The van der Waals surface area contributed by atoms with E-state index < -0.39 is 17.6 Å². The van der Waals surface area contributed by atoms with Crippen LogP contribution >= 0.6 is 0 Å². The molecule has 3 aromatic carbocycles. The van der Waals surface area contributed by atoms with Crippen LogP contribution in [0.3, 0.4) is 0 Å². The average Bonchev–Trinajstić information content (AvgIpc) is 2.93. The predicted molar refractivity (Wildman–Crippen MR) is 143 cm³/mol. The molecule has 0 aromatic heterocycles. The molecule has 1 aliphatic rings.